The highest BCUT2D eigenvalue weighted by Gasteiger charge is 2.22. The van der Waals surface area contributed by atoms with Crippen molar-refractivity contribution in [2.75, 3.05) is 13.1 Å². The molecule has 18 heavy (non-hydrogen) atoms. The molecule has 1 heterocycles. The van der Waals surface area contributed by atoms with Gasteiger partial charge in [-0.1, -0.05) is 28.1 Å². The van der Waals surface area contributed by atoms with Crippen molar-refractivity contribution in [1.29, 1.82) is 0 Å². The average molecular weight is 311 g/mol. The van der Waals surface area contributed by atoms with Gasteiger partial charge < -0.3 is 10.6 Å². The minimum atomic E-state index is 0.0625. The van der Waals surface area contributed by atoms with Gasteiger partial charge in [-0.05, 0) is 44.0 Å². The molecule has 4 heteroatoms. The first-order chi connectivity index (χ1) is 8.66. The standard InChI is InChI=1S/C14H19BrN2O/c1-10(11-4-6-13(15)7-5-11)17-14(18)12-3-2-8-16-9-12/h4-7,10,12,16H,2-3,8-9H2,1H3,(H,17,18)/t10?,12-/m0/s1. The van der Waals surface area contributed by atoms with Crippen LogP contribution in [0.15, 0.2) is 28.7 Å². The maximum Gasteiger partial charge on any atom is 0.224 e. The quantitative estimate of drug-likeness (QED) is 0.901. The molecule has 98 valence electrons. The molecule has 1 saturated heterocycles. The lowest BCUT2D eigenvalue weighted by Gasteiger charge is -2.24. The van der Waals surface area contributed by atoms with Crippen LogP contribution in [-0.2, 0) is 4.79 Å². The topological polar surface area (TPSA) is 41.1 Å². The van der Waals surface area contributed by atoms with Crippen molar-refractivity contribution in [2.24, 2.45) is 5.92 Å². The maximum atomic E-state index is 12.1. The summed E-state index contributed by atoms with van der Waals surface area (Å²) in [6.45, 7) is 3.86. The highest BCUT2D eigenvalue weighted by Crippen LogP contribution is 2.18. The molecule has 3 nitrogen and oxygen atoms in total. The van der Waals surface area contributed by atoms with E-state index >= 15 is 0 Å². The Kier molecular flexibility index (Phi) is 4.78. The van der Waals surface area contributed by atoms with Gasteiger partial charge in [0.05, 0.1) is 12.0 Å². The van der Waals surface area contributed by atoms with Gasteiger partial charge in [0.1, 0.15) is 0 Å². The number of carbonyl (C=O) groups is 1. The number of hydrogen-bond donors (Lipinski definition) is 2. The summed E-state index contributed by atoms with van der Waals surface area (Å²) in [5.41, 5.74) is 1.13. The molecular weight excluding hydrogens is 292 g/mol. The fourth-order valence-corrected chi connectivity index (χ4v) is 2.51. The van der Waals surface area contributed by atoms with Crippen LogP contribution in [0.3, 0.4) is 0 Å². The summed E-state index contributed by atoms with van der Waals surface area (Å²) in [4.78, 5) is 12.1. The maximum absolute atomic E-state index is 12.1. The number of nitrogens with one attached hydrogen (secondary N) is 2. The van der Waals surface area contributed by atoms with Gasteiger partial charge in [0.25, 0.3) is 0 Å². The Balaban J connectivity index is 1.91. The second kappa shape index (κ2) is 6.34. The zero-order valence-corrected chi connectivity index (χ0v) is 12.2. The van der Waals surface area contributed by atoms with E-state index in [1.165, 1.54) is 0 Å². The Labute approximate surface area is 116 Å². The van der Waals surface area contributed by atoms with Crippen molar-refractivity contribution in [3.8, 4) is 0 Å². The van der Waals surface area contributed by atoms with Crippen molar-refractivity contribution in [3.63, 3.8) is 0 Å². The normalized spacial score (nSPS) is 21.3. The Morgan fingerprint density at radius 1 is 1.44 bits per heavy atom. The van der Waals surface area contributed by atoms with Crippen LogP contribution in [0.2, 0.25) is 0 Å². The van der Waals surface area contributed by atoms with Gasteiger partial charge >= 0.3 is 0 Å². The van der Waals surface area contributed by atoms with E-state index in [4.69, 9.17) is 0 Å². The number of amides is 1. The Morgan fingerprint density at radius 2 is 2.17 bits per heavy atom. The molecule has 0 bridgehead atoms. The molecule has 0 aromatic heterocycles. The van der Waals surface area contributed by atoms with Crippen molar-refractivity contribution < 1.29 is 4.79 Å². The van der Waals surface area contributed by atoms with Crippen LogP contribution in [0, 0.1) is 5.92 Å². The summed E-state index contributed by atoms with van der Waals surface area (Å²) in [7, 11) is 0. The second-order valence-corrected chi connectivity index (χ2v) is 5.74. The van der Waals surface area contributed by atoms with E-state index in [9.17, 15) is 4.79 Å². The van der Waals surface area contributed by atoms with Crippen LogP contribution in [-0.4, -0.2) is 19.0 Å². The largest absolute Gasteiger partial charge is 0.349 e. The van der Waals surface area contributed by atoms with Crippen molar-refractivity contribution in [3.05, 3.63) is 34.3 Å². The number of carbonyl (C=O) groups excluding carboxylic acids is 1. The highest BCUT2D eigenvalue weighted by molar-refractivity contribution is 9.10. The predicted molar refractivity (Wildman–Crippen MR) is 76.3 cm³/mol. The summed E-state index contributed by atoms with van der Waals surface area (Å²) in [6, 6.07) is 8.13. The first kappa shape index (κ1) is 13.6. The lowest BCUT2D eigenvalue weighted by atomic mass is 9.98. The number of benzene rings is 1. The predicted octanol–water partition coefficient (Wildman–Crippen LogP) is 2.63. The molecule has 1 aromatic rings. The molecule has 2 N–H and O–H groups in total. The summed E-state index contributed by atoms with van der Waals surface area (Å²) < 4.78 is 1.06. The second-order valence-electron chi connectivity index (χ2n) is 4.83. The number of piperidine rings is 1. The van der Waals surface area contributed by atoms with Crippen LogP contribution in [0.4, 0.5) is 0 Å². The molecule has 1 aromatic carbocycles. The van der Waals surface area contributed by atoms with Crippen LogP contribution < -0.4 is 10.6 Å². The molecule has 0 radical (unpaired) electrons. The molecule has 0 saturated carbocycles. The molecular formula is C14H19BrN2O. The number of halogens is 1. The first-order valence-corrected chi connectivity index (χ1v) is 7.22. The molecule has 2 atom stereocenters. The van der Waals surface area contributed by atoms with Gasteiger partial charge in [-0.3, -0.25) is 4.79 Å². The molecule has 2 rings (SSSR count). The third-order valence-electron chi connectivity index (χ3n) is 3.40. The molecule has 0 aliphatic carbocycles. The molecule has 0 spiro atoms. The zero-order valence-electron chi connectivity index (χ0n) is 10.6. The summed E-state index contributed by atoms with van der Waals surface area (Å²) in [5.74, 6) is 0.286. The monoisotopic (exact) mass is 310 g/mol. The summed E-state index contributed by atoms with van der Waals surface area (Å²) >= 11 is 3.41. The lowest BCUT2D eigenvalue weighted by molar-refractivity contribution is -0.126. The Morgan fingerprint density at radius 3 is 2.78 bits per heavy atom. The highest BCUT2D eigenvalue weighted by atomic mass is 79.9. The molecule has 1 amide bonds. The van der Waals surface area contributed by atoms with Gasteiger partial charge in [0, 0.05) is 11.0 Å². The van der Waals surface area contributed by atoms with E-state index in [1.807, 2.05) is 31.2 Å². The average Bonchev–Trinajstić information content (AvgIpc) is 2.40. The first-order valence-electron chi connectivity index (χ1n) is 6.43. The van der Waals surface area contributed by atoms with Crippen molar-refractivity contribution in [2.45, 2.75) is 25.8 Å². The smallest absolute Gasteiger partial charge is 0.224 e. The van der Waals surface area contributed by atoms with Gasteiger partial charge in [-0.15, -0.1) is 0 Å². The van der Waals surface area contributed by atoms with Crippen LogP contribution in [0.1, 0.15) is 31.4 Å². The third-order valence-corrected chi connectivity index (χ3v) is 3.93. The lowest BCUT2D eigenvalue weighted by Crippen LogP contribution is -2.41. The van der Waals surface area contributed by atoms with E-state index in [1.54, 1.807) is 0 Å². The summed E-state index contributed by atoms with van der Waals surface area (Å²) in [6.07, 6.45) is 2.08. The Hall–Kier alpha value is -0.870. The Bertz CT molecular complexity index is 399. The third kappa shape index (κ3) is 3.56. The van der Waals surface area contributed by atoms with Gasteiger partial charge in [-0.25, -0.2) is 0 Å². The fourth-order valence-electron chi connectivity index (χ4n) is 2.24. The van der Waals surface area contributed by atoms with Crippen molar-refractivity contribution in [1.82, 2.24) is 10.6 Å². The molecule has 1 aliphatic heterocycles. The zero-order chi connectivity index (χ0) is 13.0. The SMILES string of the molecule is CC(NC(=O)[C@H]1CCCNC1)c1ccc(Br)cc1. The molecule has 1 unspecified atom stereocenters. The number of hydrogen-bond acceptors (Lipinski definition) is 2. The van der Waals surface area contributed by atoms with E-state index < -0.39 is 0 Å². The van der Waals surface area contributed by atoms with E-state index in [0.29, 0.717) is 0 Å². The minimum absolute atomic E-state index is 0.0625. The van der Waals surface area contributed by atoms with Crippen LogP contribution in [0.25, 0.3) is 0 Å². The molecule has 1 aliphatic rings. The molecule has 1 fully saturated rings. The fraction of sp³-hybridized carbons (Fsp3) is 0.500. The summed E-state index contributed by atoms with van der Waals surface area (Å²) in [5, 5.41) is 6.36. The van der Waals surface area contributed by atoms with Crippen LogP contribution in [0.5, 0.6) is 0 Å². The van der Waals surface area contributed by atoms with Gasteiger partial charge in [0.15, 0.2) is 0 Å². The van der Waals surface area contributed by atoms with Gasteiger partial charge in [-0.2, -0.15) is 0 Å². The van der Waals surface area contributed by atoms with E-state index in [-0.39, 0.29) is 17.9 Å². The van der Waals surface area contributed by atoms with Gasteiger partial charge in [0.2, 0.25) is 5.91 Å². The van der Waals surface area contributed by atoms with E-state index in [2.05, 4.69) is 26.6 Å². The van der Waals surface area contributed by atoms with E-state index in [0.717, 1.165) is 36.0 Å². The van der Waals surface area contributed by atoms with Crippen LogP contribution >= 0.6 is 15.9 Å². The van der Waals surface area contributed by atoms with Crippen molar-refractivity contribution >= 4 is 21.8 Å². The number of rotatable bonds is 3. The minimum Gasteiger partial charge on any atom is -0.349 e.